The van der Waals surface area contributed by atoms with Gasteiger partial charge in [-0.25, -0.2) is 4.98 Å². The van der Waals surface area contributed by atoms with Crippen molar-refractivity contribution in [2.24, 2.45) is 0 Å². The van der Waals surface area contributed by atoms with Crippen molar-refractivity contribution in [3.63, 3.8) is 0 Å². The molecule has 0 fully saturated rings. The number of rotatable bonds is 3. The van der Waals surface area contributed by atoms with Gasteiger partial charge >= 0.3 is 0 Å². The van der Waals surface area contributed by atoms with E-state index in [0.717, 1.165) is 0 Å². The number of halogens is 2. The molecule has 0 saturated heterocycles. The van der Waals surface area contributed by atoms with Crippen molar-refractivity contribution < 1.29 is 4.79 Å². The van der Waals surface area contributed by atoms with Crippen LogP contribution in [0.15, 0.2) is 24.5 Å². The fourth-order valence-corrected chi connectivity index (χ4v) is 1.96. The van der Waals surface area contributed by atoms with Crippen molar-refractivity contribution in [2.45, 2.75) is 6.54 Å². The quantitative estimate of drug-likeness (QED) is 0.941. The van der Waals surface area contributed by atoms with Crippen LogP contribution in [0.25, 0.3) is 0 Å². The molecule has 0 aliphatic heterocycles. The summed E-state index contributed by atoms with van der Waals surface area (Å²) in [6, 6.07) is 4.77. The smallest absolute Gasteiger partial charge is 0.255 e. The van der Waals surface area contributed by atoms with Crippen LogP contribution in [-0.4, -0.2) is 33.0 Å². The molecule has 1 amide bonds. The predicted octanol–water partition coefficient (Wildman–Crippen LogP) is 2.38. The molecule has 1 N–H and O–H groups in total. The largest absolute Gasteiger partial charge is 0.334 e. The average Bonchev–Trinajstić information content (AvgIpc) is 2.81. The van der Waals surface area contributed by atoms with Gasteiger partial charge in [0, 0.05) is 12.1 Å². The van der Waals surface area contributed by atoms with Gasteiger partial charge in [-0.05, 0) is 18.2 Å². The molecule has 18 heavy (non-hydrogen) atoms. The molecule has 0 aliphatic carbocycles. The van der Waals surface area contributed by atoms with Gasteiger partial charge < -0.3 is 4.90 Å². The standard InChI is InChI=1S/C11H10Cl2N4O/c1-17(5-10-14-6-15-16-10)11(18)8-3-2-7(12)4-9(8)13/h2-4,6H,5H2,1H3,(H,14,15,16). The number of aromatic nitrogens is 3. The molecule has 0 radical (unpaired) electrons. The van der Waals surface area contributed by atoms with Crippen LogP contribution in [0.4, 0.5) is 0 Å². The highest BCUT2D eigenvalue weighted by atomic mass is 35.5. The zero-order chi connectivity index (χ0) is 13.1. The van der Waals surface area contributed by atoms with Crippen molar-refractivity contribution in [3.8, 4) is 0 Å². The van der Waals surface area contributed by atoms with Crippen LogP contribution in [0, 0.1) is 0 Å². The van der Waals surface area contributed by atoms with Crippen LogP contribution in [-0.2, 0) is 6.54 Å². The zero-order valence-corrected chi connectivity index (χ0v) is 11.0. The Hall–Kier alpha value is -1.59. The summed E-state index contributed by atoms with van der Waals surface area (Å²) in [6.45, 7) is 0.331. The van der Waals surface area contributed by atoms with Crippen molar-refractivity contribution in [3.05, 3.63) is 46.0 Å². The Labute approximate surface area is 114 Å². The van der Waals surface area contributed by atoms with Crippen LogP contribution in [0.3, 0.4) is 0 Å². The van der Waals surface area contributed by atoms with E-state index in [2.05, 4.69) is 15.2 Å². The maximum atomic E-state index is 12.1. The summed E-state index contributed by atoms with van der Waals surface area (Å²) in [7, 11) is 1.66. The first-order valence-electron chi connectivity index (χ1n) is 5.12. The summed E-state index contributed by atoms with van der Waals surface area (Å²) in [5, 5.41) is 7.23. The van der Waals surface area contributed by atoms with E-state index >= 15 is 0 Å². The first-order valence-corrected chi connectivity index (χ1v) is 5.88. The topological polar surface area (TPSA) is 61.9 Å². The highest BCUT2D eigenvalue weighted by Crippen LogP contribution is 2.22. The Morgan fingerprint density at radius 2 is 2.22 bits per heavy atom. The molecule has 94 valence electrons. The van der Waals surface area contributed by atoms with Gasteiger partial charge in [-0.1, -0.05) is 23.2 Å². The van der Waals surface area contributed by atoms with E-state index in [0.29, 0.717) is 28.0 Å². The number of hydrogen-bond donors (Lipinski definition) is 1. The third-order valence-corrected chi connectivity index (χ3v) is 2.91. The van der Waals surface area contributed by atoms with Gasteiger partial charge in [0.05, 0.1) is 17.1 Å². The van der Waals surface area contributed by atoms with Crippen LogP contribution in [0.2, 0.25) is 10.0 Å². The molecule has 0 saturated carbocycles. The summed E-state index contributed by atoms with van der Waals surface area (Å²) in [6.07, 6.45) is 1.39. The fourth-order valence-electron chi connectivity index (χ4n) is 1.47. The summed E-state index contributed by atoms with van der Waals surface area (Å²) >= 11 is 11.8. The number of amides is 1. The first-order chi connectivity index (χ1) is 8.58. The minimum Gasteiger partial charge on any atom is -0.334 e. The molecule has 2 aromatic rings. The van der Waals surface area contributed by atoms with Gasteiger partial charge in [-0.15, -0.1) is 0 Å². The summed E-state index contributed by atoms with van der Waals surface area (Å²) < 4.78 is 0. The monoisotopic (exact) mass is 284 g/mol. The van der Waals surface area contributed by atoms with Crippen molar-refractivity contribution in [1.82, 2.24) is 20.1 Å². The Kier molecular flexibility index (Phi) is 3.84. The van der Waals surface area contributed by atoms with Gasteiger partial charge in [-0.3, -0.25) is 9.89 Å². The Balaban J connectivity index is 2.15. The van der Waals surface area contributed by atoms with Crippen molar-refractivity contribution >= 4 is 29.1 Å². The van der Waals surface area contributed by atoms with E-state index in [4.69, 9.17) is 23.2 Å². The molecular formula is C11H10Cl2N4O. The Morgan fingerprint density at radius 1 is 1.44 bits per heavy atom. The second-order valence-electron chi connectivity index (χ2n) is 3.72. The molecular weight excluding hydrogens is 275 g/mol. The van der Waals surface area contributed by atoms with E-state index in [1.165, 1.54) is 11.2 Å². The maximum Gasteiger partial charge on any atom is 0.255 e. The molecule has 7 heteroatoms. The average molecular weight is 285 g/mol. The SMILES string of the molecule is CN(Cc1ncn[nH]1)C(=O)c1ccc(Cl)cc1Cl. The Morgan fingerprint density at radius 3 is 2.83 bits per heavy atom. The number of H-pyrrole nitrogens is 1. The van der Waals surface area contributed by atoms with E-state index in [1.807, 2.05) is 0 Å². The molecule has 0 atom stereocenters. The number of nitrogens with zero attached hydrogens (tertiary/aromatic N) is 3. The summed E-state index contributed by atoms with van der Waals surface area (Å²) in [5.41, 5.74) is 0.406. The first kappa shape index (κ1) is 12.9. The van der Waals surface area contributed by atoms with Gasteiger partial charge in [0.2, 0.25) is 0 Å². The number of aromatic amines is 1. The zero-order valence-electron chi connectivity index (χ0n) is 9.52. The van der Waals surface area contributed by atoms with Crippen molar-refractivity contribution in [2.75, 3.05) is 7.05 Å². The fraction of sp³-hybridized carbons (Fsp3) is 0.182. The summed E-state index contributed by atoms with van der Waals surface area (Å²) in [4.78, 5) is 17.6. The van der Waals surface area contributed by atoms with Crippen LogP contribution >= 0.6 is 23.2 Å². The van der Waals surface area contributed by atoms with E-state index in [1.54, 1.807) is 25.2 Å². The van der Waals surface area contributed by atoms with E-state index in [9.17, 15) is 4.79 Å². The maximum absolute atomic E-state index is 12.1. The van der Waals surface area contributed by atoms with Crippen LogP contribution in [0.1, 0.15) is 16.2 Å². The number of nitrogens with one attached hydrogen (secondary N) is 1. The highest BCUT2D eigenvalue weighted by molar-refractivity contribution is 6.36. The molecule has 1 heterocycles. The molecule has 2 rings (SSSR count). The molecule has 5 nitrogen and oxygen atoms in total. The summed E-state index contributed by atoms with van der Waals surface area (Å²) in [5.74, 6) is 0.406. The van der Waals surface area contributed by atoms with Gasteiger partial charge in [-0.2, -0.15) is 5.10 Å². The number of carbonyl (C=O) groups is 1. The lowest BCUT2D eigenvalue weighted by Gasteiger charge is -2.16. The minimum atomic E-state index is -0.201. The van der Waals surface area contributed by atoms with E-state index < -0.39 is 0 Å². The molecule has 0 unspecified atom stereocenters. The number of carbonyl (C=O) groups excluding carboxylic acids is 1. The molecule has 0 bridgehead atoms. The minimum absolute atomic E-state index is 0.201. The highest BCUT2D eigenvalue weighted by Gasteiger charge is 2.16. The van der Waals surface area contributed by atoms with Gasteiger partial charge in [0.15, 0.2) is 0 Å². The molecule has 1 aromatic carbocycles. The van der Waals surface area contributed by atoms with Crippen LogP contribution < -0.4 is 0 Å². The Bertz CT molecular complexity index is 556. The van der Waals surface area contributed by atoms with Gasteiger partial charge in [0.1, 0.15) is 12.2 Å². The second kappa shape index (κ2) is 5.37. The van der Waals surface area contributed by atoms with Gasteiger partial charge in [0.25, 0.3) is 5.91 Å². The van der Waals surface area contributed by atoms with Crippen LogP contribution in [0.5, 0.6) is 0 Å². The third kappa shape index (κ3) is 2.80. The number of hydrogen-bond acceptors (Lipinski definition) is 3. The normalized spacial score (nSPS) is 10.4. The lowest BCUT2D eigenvalue weighted by molar-refractivity contribution is 0.0782. The molecule has 0 aliphatic rings. The third-order valence-electron chi connectivity index (χ3n) is 2.36. The number of benzene rings is 1. The molecule has 1 aromatic heterocycles. The lowest BCUT2D eigenvalue weighted by atomic mass is 10.2. The van der Waals surface area contributed by atoms with Crippen molar-refractivity contribution in [1.29, 1.82) is 0 Å². The van der Waals surface area contributed by atoms with E-state index in [-0.39, 0.29) is 5.91 Å². The molecule has 0 spiro atoms. The lowest BCUT2D eigenvalue weighted by Crippen LogP contribution is -2.27. The predicted molar refractivity (Wildman–Crippen MR) is 68.6 cm³/mol. The second-order valence-corrected chi connectivity index (χ2v) is 4.56.